The van der Waals surface area contributed by atoms with E-state index in [9.17, 15) is 4.79 Å². The smallest absolute Gasteiger partial charge is 0.251 e. The Morgan fingerprint density at radius 3 is 2.90 bits per heavy atom. The normalized spacial score (nSPS) is 9.86. The largest absolute Gasteiger partial charge is 0.444 e. The van der Waals surface area contributed by atoms with E-state index in [1.165, 1.54) is 0 Å². The molecule has 0 atom stereocenters. The molecule has 2 aromatic rings. The number of carbonyl (C=O) groups excluding carboxylic acids is 1. The number of carbonyl (C=O) groups is 1. The van der Waals surface area contributed by atoms with Crippen molar-refractivity contribution in [2.75, 3.05) is 6.54 Å². The van der Waals surface area contributed by atoms with Gasteiger partial charge in [-0.2, -0.15) is 0 Å². The molecule has 21 heavy (non-hydrogen) atoms. The molecule has 3 N–H and O–H groups in total. The first-order valence-corrected chi connectivity index (χ1v) is 6.60. The number of oxazole rings is 1. The van der Waals surface area contributed by atoms with Gasteiger partial charge in [-0.25, -0.2) is 4.98 Å². The summed E-state index contributed by atoms with van der Waals surface area (Å²) in [5.74, 6) is 6.72. The van der Waals surface area contributed by atoms with E-state index < -0.39 is 0 Å². The number of nitrogens with zero attached hydrogens (tertiary/aromatic N) is 1. The molecular formula is C16H17N3O2. The summed E-state index contributed by atoms with van der Waals surface area (Å²) >= 11 is 0. The summed E-state index contributed by atoms with van der Waals surface area (Å²) in [5.41, 5.74) is 7.46. The average Bonchev–Trinajstić information content (AvgIpc) is 2.81. The Hall–Kier alpha value is -2.58. The number of aromatic nitrogens is 1. The van der Waals surface area contributed by atoms with Crippen molar-refractivity contribution in [3.63, 3.8) is 0 Å². The number of amides is 1. The van der Waals surface area contributed by atoms with Gasteiger partial charge in [0.2, 0.25) is 5.89 Å². The van der Waals surface area contributed by atoms with Gasteiger partial charge in [-0.05, 0) is 32.0 Å². The van der Waals surface area contributed by atoms with Crippen LogP contribution in [0.4, 0.5) is 0 Å². The summed E-state index contributed by atoms with van der Waals surface area (Å²) in [6, 6.07) is 7.08. The van der Waals surface area contributed by atoms with Crippen LogP contribution in [0, 0.1) is 25.7 Å². The van der Waals surface area contributed by atoms with Gasteiger partial charge in [0.15, 0.2) is 0 Å². The van der Waals surface area contributed by atoms with Gasteiger partial charge < -0.3 is 15.5 Å². The molecule has 1 amide bonds. The third-order valence-corrected chi connectivity index (χ3v) is 2.93. The van der Waals surface area contributed by atoms with Crippen molar-refractivity contribution in [2.24, 2.45) is 5.73 Å². The third-order valence-electron chi connectivity index (χ3n) is 2.93. The zero-order valence-electron chi connectivity index (χ0n) is 12.1. The lowest BCUT2D eigenvalue weighted by Gasteiger charge is -2.03. The van der Waals surface area contributed by atoms with Crippen molar-refractivity contribution in [2.45, 2.75) is 20.4 Å². The molecule has 108 valence electrons. The molecule has 0 spiro atoms. The summed E-state index contributed by atoms with van der Waals surface area (Å²) in [4.78, 5) is 16.3. The quantitative estimate of drug-likeness (QED) is 0.837. The standard InChI is InChI=1S/C16H17N3O2/c1-11-12(2)21-15(19-11)10-18-16(20)14-7-3-5-13(9-14)6-4-8-17/h3,5,7,9H,8,10,17H2,1-2H3,(H,18,20). The highest BCUT2D eigenvalue weighted by Gasteiger charge is 2.09. The van der Waals surface area contributed by atoms with E-state index in [1.807, 2.05) is 19.9 Å². The minimum Gasteiger partial charge on any atom is -0.444 e. The Labute approximate surface area is 123 Å². The molecule has 2 rings (SSSR count). The van der Waals surface area contributed by atoms with Gasteiger partial charge in [0, 0.05) is 11.1 Å². The molecule has 0 radical (unpaired) electrons. The molecule has 0 saturated carbocycles. The molecule has 1 heterocycles. The summed E-state index contributed by atoms with van der Waals surface area (Å²) in [6.07, 6.45) is 0. The van der Waals surface area contributed by atoms with Crippen LogP contribution in [0.3, 0.4) is 0 Å². The van der Waals surface area contributed by atoms with Crippen molar-refractivity contribution >= 4 is 5.91 Å². The van der Waals surface area contributed by atoms with Gasteiger partial charge in [0.25, 0.3) is 5.91 Å². The topological polar surface area (TPSA) is 81.2 Å². The Morgan fingerprint density at radius 2 is 2.24 bits per heavy atom. The molecule has 1 aromatic carbocycles. The maximum atomic E-state index is 12.1. The zero-order valence-corrected chi connectivity index (χ0v) is 12.1. The third kappa shape index (κ3) is 3.94. The van der Waals surface area contributed by atoms with Crippen LogP contribution in [0.15, 0.2) is 28.7 Å². The van der Waals surface area contributed by atoms with Crippen LogP contribution in [0.2, 0.25) is 0 Å². The second-order valence-electron chi connectivity index (χ2n) is 4.52. The molecule has 0 aliphatic rings. The fourth-order valence-electron chi connectivity index (χ4n) is 1.76. The van der Waals surface area contributed by atoms with E-state index in [0.717, 1.165) is 17.0 Å². The molecule has 0 bridgehead atoms. The lowest BCUT2D eigenvalue weighted by molar-refractivity contribution is 0.0947. The Morgan fingerprint density at radius 1 is 1.43 bits per heavy atom. The van der Waals surface area contributed by atoms with E-state index in [0.29, 0.717) is 18.0 Å². The highest BCUT2D eigenvalue weighted by molar-refractivity contribution is 5.94. The fourth-order valence-corrected chi connectivity index (χ4v) is 1.76. The van der Waals surface area contributed by atoms with Gasteiger partial charge in [-0.1, -0.05) is 17.9 Å². The van der Waals surface area contributed by atoms with E-state index in [2.05, 4.69) is 22.1 Å². The zero-order chi connectivity index (χ0) is 15.2. The minimum atomic E-state index is -0.195. The van der Waals surface area contributed by atoms with Crippen molar-refractivity contribution in [3.05, 3.63) is 52.7 Å². The number of hydrogen-bond acceptors (Lipinski definition) is 4. The first-order chi connectivity index (χ1) is 10.1. The molecule has 0 aliphatic heterocycles. The number of hydrogen-bond donors (Lipinski definition) is 2. The first kappa shape index (κ1) is 14.8. The van der Waals surface area contributed by atoms with Gasteiger partial charge in [-0.3, -0.25) is 4.79 Å². The number of nitrogens with two attached hydrogens (primary N) is 1. The van der Waals surface area contributed by atoms with E-state index in [-0.39, 0.29) is 12.5 Å². The summed E-state index contributed by atoms with van der Waals surface area (Å²) in [6.45, 7) is 4.25. The lowest BCUT2D eigenvalue weighted by atomic mass is 10.1. The van der Waals surface area contributed by atoms with Crippen molar-refractivity contribution < 1.29 is 9.21 Å². The average molecular weight is 283 g/mol. The predicted molar refractivity (Wildman–Crippen MR) is 79.5 cm³/mol. The monoisotopic (exact) mass is 283 g/mol. The second kappa shape index (κ2) is 6.73. The Kier molecular flexibility index (Phi) is 4.75. The number of nitrogens with one attached hydrogen (secondary N) is 1. The van der Waals surface area contributed by atoms with Crippen LogP contribution in [-0.2, 0) is 6.54 Å². The molecule has 5 heteroatoms. The molecule has 0 unspecified atom stereocenters. The van der Waals surface area contributed by atoms with Crippen molar-refractivity contribution in [3.8, 4) is 11.8 Å². The Bertz CT molecular complexity index is 688. The highest BCUT2D eigenvalue weighted by atomic mass is 16.4. The first-order valence-electron chi connectivity index (χ1n) is 6.60. The van der Waals surface area contributed by atoms with Crippen LogP contribution >= 0.6 is 0 Å². The number of rotatable bonds is 3. The van der Waals surface area contributed by atoms with E-state index in [4.69, 9.17) is 10.2 Å². The van der Waals surface area contributed by atoms with Gasteiger partial charge in [0.05, 0.1) is 18.8 Å². The van der Waals surface area contributed by atoms with Crippen LogP contribution in [0.1, 0.15) is 33.3 Å². The Balaban J connectivity index is 2.03. The molecule has 1 aromatic heterocycles. The van der Waals surface area contributed by atoms with Gasteiger partial charge >= 0.3 is 0 Å². The van der Waals surface area contributed by atoms with Crippen LogP contribution < -0.4 is 11.1 Å². The summed E-state index contributed by atoms with van der Waals surface area (Å²) in [7, 11) is 0. The predicted octanol–water partition coefficient (Wildman–Crippen LogP) is 1.53. The number of benzene rings is 1. The second-order valence-corrected chi connectivity index (χ2v) is 4.52. The SMILES string of the molecule is Cc1nc(CNC(=O)c2cccc(C#CCN)c2)oc1C. The van der Waals surface area contributed by atoms with Crippen molar-refractivity contribution in [1.29, 1.82) is 0 Å². The lowest BCUT2D eigenvalue weighted by Crippen LogP contribution is -2.23. The van der Waals surface area contributed by atoms with Gasteiger partial charge in [0.1, 0.15) is 5.76 Å². The van der Waals surface area contributed by atoms with Crippen LogP contribution in [0.5, 0.6) is 0 Å². The van der Waals surface area contributed by atoms with E-state index >= 15 is 0 Å². The number of aryl methyl sites for hydroxylation is 2. The molecule has 5 nitrogen and oxygen atoms in total. The van der Waals surface area contributed by atoms with Crippen LogP contribution in [-0.4, -0.2) is 17.4 Å². The minimum absolute atomic E-state index is 0.195. The summed E-state index contributed by atoms with van der Waals surface area (Å²) in [5, 5.41) is 2.77. The van der Waals surface area contributed by atoms with Crippen molar-refractivity contribution in [1.82, 2.24) is 10.3 Å². The molecule has 0 saturated heterocycles. The summed E-state index contributed by atoms with van der Waals surface area (Å²) < 4.78 is 5.42. The fraction of sp³-hybridized carbons (Fsp3) is 0.250. The molecular weight excluding hydrogens is 266 g/mol. The maximum absolute atomic E-state index is 12.1. The van der Waals surface area contributed by atoms with E-state index in [1.54, 1.807) is 18.2 Å². The molecule has 0 fully saturated rings. The van der Waals surface area contributed by atoms with Gasteiger partial charge in [-0.15, -0.1) is 0 Å². The highest BCUT2D eigenvalue weighted by Crippen LogP contribution is 2.09. The maximum Gasteiger partial charge on any atom is 0.251 e. The molecule has 0 aliphatic carbocycles. The van der Waals surface area contributed by atoms with Crippen LogP contribution in [0.25, 0.3) is 0 Å².